The van der Waals surface area contributed by atoms with Crippen molar-refractivity contribution >= 4 is 34.8 Å². The number of hydrogen-bond acceptors (Lipinski definition) is 5. The van der Waals surface area contributed by atoms with Crippen LogP contribution in [-0.2, 0) is 0 Å². The quantitative estimate of drug-likeness (QED) is 0.164. The zero-order chi connectivity index (χ0) is 23.2. The number of nitrogens with two attached hydrogens (primary N) is 1. The van der Waals surface area contributed by atoms with Crippen molar-refractivity contribution in [3.63, 3.8) is 0 Å². The van der Waals surface area contributed by atoms with Crippen molar-refractivity contribution in [2.45, 2.75) is 12.5 Å². The SMILES string of the molecule is N/C(=N/NC(CC(=O)c1ccc(-n2ccnc2)cc1)c1ccc(Cl)cc1Cl)c1ccccn1. The van der Waals surface area contributed by atoms with E-state index in [1.807, 2.05) is 29.0 Å². The molecule has 4 aromatic rings. The van der Waals surface area contributed by atoms with Gasteiger partial charge in [0.1, 0.15) is 5.69 Å². The third-order valence-electron chi connectivity index (χ3n) is 4.99. The Morgan fingerprint density at radius 1 is 1.09 bits per heavy atom. The summed E-state index contributed by atoms with van der Waals surface area (Å²) in [6, 6.07) is 17.2. The van der Waals surface area contributed by atoms with Crippen LogP contribution >= 0.6 is 23.2 Å². The largest absolute Gasteiger partial charge is 0.380 e. The summed E-state index contributed by atoms with van der Waals surface area (Å²) in [5.41, 5.74) is 11.7. The van der Waals surface area contributed by atoms with Crippen molar-refractivity contribution in [1.82, 2.24) is 20.0 Å². The summed E-state index contributed by atoms with van der Waals surface area (Å²) < 4.78 is 1.86. The third-order valence-corrected chi connectivity index (χ3v) is 5.55. The van der Waals surface area contributed by atoms with E-state index in [9.17, 15) is 4.79 Å². The lowest BCUT2D eigenvalue weighted by Gasteiger charge is -2.19. The minimum Gasteiger partial charge on any atom is -0.380 e. The molecule has 0 bridgehead atoms. The van der Waals surface area contributed by atoms with Crippen LogP contribution in [-0.4, -0.2) is 26.2 Å². The predicted molar refractivity (Wildman–Crippen MR) is 130 cm³/mol. The number of carbonyl (C=O) groups excluding carboxylic acids is 1. The Morgan fingerprint density at radius 2 is 1.91 bits per heavy atom. The van der Waals surface area contributed by atoms with E-state index in [4.69, 9.17) is 28.9 Å². The number of nitrogens with one attached hydrogen (secondary N) is 1. The Balaban J connectivity index is 1.57. The molecule has 0 amide bonds. The maximum absolute atomic E-state index is 13.1. The summed E-state index contributed by atoms with van der Waals surface area (Å²) in [5, 5.41) is 5.18. The molecule has 2 heterocycles. The molecule has 0 aliphatic carbocycles. The maximum atomic E-state index is 13.1. The molecule has 33 heavy (non-hydrogen) atoms. The van der Waals surface area contributed by atoms with Crippen molar-refractivity contribution < 1.29 is 4.79 Å². The van der Waals surface area contributed by atoms with Crippen LogP contribution in [0.25, 0.3) is 5.69 Å². The molecule has 9 heteroatoms. The molecule has 0 saturated heterocycles. The third kappa shape index (κ3) is 5.58. The number of nitrogens with zero attached hydrogens (tertiary/aromatic N) is 4. The lowest BCUT2D eigenvalue weighted by Crippen LogP contribution is -2.25. The number of hydrazone groups is 1. The van der Waals surface area contributed by atoms with Crippen LogP contribution in [0.2, 0.25) is 10.0 Å². The van der Waals surface area contributed by atoms with Crippen LogP contribution in [0, 0.1) is 0 Å². The van der Waals surface area contributed by atoms with Crippen LogP contribution in [0.1, 0.15) is 34.1 Å². The number of ketones is 1. The molecule has 166 valence electrons. The first kappa shape index (κ1) is 22.5. The van der Waals surface area contributed by atoms with Gasteiger partial charge in [0.05, 0.1) is 12.4 Å². The second-order valence-corrected chi connectivity index (χ2v) is 8.05. The Bertz CT molecular complexity index is 1260. The van der Waals surface area contributed by atoms with Gasteiger partial charge in [0, 0.05) is 46.3 Å². The summed E-state index contributed by atoms with van der Waals surface area (Å²) in [7, 11) is 0. The first-order chi connectivity index (χ1) is 16.0. The van der Waals surface area contributed by atoms with Gasteiger partial charge in [-0.2, -0.15) is 5.10 Å². The van der Waals surface area contributed by atoms with Crippen LogP contribution in [0.5, 0.6) is 0 Å². The van der Waals surface area contributed by atoms with E-state index in [0.717, 1.165) is 5.69 Å². The second-order valence-electron chi connectivity index (χ2n) is 7.20. The molecular formula is C24H20Cl2N6O. The Hall–Kier alpha value is -3.68. The number of pyridine rings is 1. The van der Waals surface area contributed by atoms with Gasteiger partial charge in [-0.05, 0) is 54.1 Å². The fraction of sp³-hybridized carbons (Fsp3) is 0.0833. The highest BCUT2D eigenvalue weighted by molar-refractivity contribution is 6.35. The molecule has 0 fully saturated rings. The van der Waals surface area contributed by atoms with Crippen molar-refractivity contribution in [3.05, 3.63) is 112 Å². The highest BCUT2D eigenvalue weighted by Crippen LogP contribution is 2.29. The van der Waals surface area contributed by atoms with Gasteiger partial charge in [-0.25, -0.2) is 4.98 Å². The molecule has 0 aliphatic rings. The zero-order valence-corrected chi connectivity index (χ0v) is 18.9. The molecule has 3 N–H and O–H groups in total. The van der Waals surface area contributed by atoms with E-state index < -0.39 is 6.04 Å². The van der Waals surface area contributed by atoms with E-state index in [0.29, 0.717) is 26.9 Å². The van der Waals surface area contributed by atoms with Crippen LogP contribution in [0.3, 0.4) is 0 Å². The standard InChI is InChI=1S/C24H20Cl2N6O/c25-17-6-9-19(20(26)13-17)22(30-31-24(27)21-3-1-2-10-29-21)14-23(33)16-4-7-18(8-5-16)32-12-11-28-15-32/h1-13,15,22,30H,14H2,(H2,27,31). The summed E-state index contributed by atoms with van der Waals surface area (Å²) in [6.07, 6.45) is 6.96. The van der Waals surface area contributed by atoms with E-state index in [1.165, 1.54) is 0 Å². The molecule has 2 aromatic heterocycles. The van der Waals surface area contributed by atoms with Gasteiger partial charge in [0.25, 0.3) is 0 Å². The molecule has 0 saturated carbocycles. The maximum Gasteiger partial charge on any atom is 0.169 e. The van der Waals surface area contributed by atoms with Gasteiger partial charge >= 0.3 is 0 Å². The average Bonchev–Trinajstić information content (AvgIpc) is 3.37. The molecule has 2 aromatic carbocycles. The highest BCUT2D eigenvalue weighted by Gasteiger charge is 2.20. The van der Waals surface area contributed by atoms with Crippen LogP contribution < -0.4 is 11.2 Å². The van der Waals surface area contributed by atoms with Gasteiger partial charge in [-0.1, -0.05) is 35.3 Å². The lowest BCUT2D eigenvalue weighted by atomic mass is 9.98. The van der Waals surface area contributed by atoms with E-state index in [-0.39, 0.29) is 18.0 Å². The molecule has 4 rings (SSSR count). The molecule has 0 aliphatic heterocycles. The highest BCUT2D eigenvalue weighted by atomic mass is 35.5. The monoisotopic (exact) mass is 478 g/mol. The number of aromatic nitrogens is 3. The minimum atomic E-state index is -0.530. The number of hydrogen-bond donors (Lipinski definition) is 2. The van der Waals surface area contributed by atoms with Gasteiger partial charge in [0.15, 0.2) is 11.6 Å². The second kappa shape index (κ2) is 10.3. The molecule has 1 atom stereocenters. The summed E-state index contributed by atoms with van der Waals surface area (Å²) in [4.78, 5) is 21.3. The van der Waals surface area contributed by atoms with Crippen molar-refractivity contribution in [2.75, 3.05) is 0 Å². The zero-order valence-electron chi connectivity index (χ0n) is 17.4. The van der Waals surface area contributed by atoms with E-state index in [2.05, 4.69) is 20.5 Å². The molecule has 0 spiro atoms. The molecule has 0 radical (unpaired) electrons. The van der Waals surface area contributed by atoms with Gasteiger partial charge in [0.2, 0.25) is 0 Å². The van der Waals surface area contributed by atoms with Gasteiger partial charge in [-0.15, -0.1) is 0 Å². The number of imidazole rings is 1. The van der Waals surface area contributed by atoms with E-state index >= 15 is 0 Å². The van der Waals surface area contributed by atoms with Gasteiger partial charge in [-0.3, -0.25) is 15.2 Å². The number of amidine groups is 1. The first-order valence-corrected chi connectivity index (χ1v) is 10.8. The summed E-state index contributed by atoms with van der Waals surface area (Å²) in [5.74, 6) is 0.116. The number of Topliss-reactive ketones (excluding diaryl/α,β-unsaturated/α-hetero) is 1. The molecular weight excluding hydrogens is 459 g/mol. The van der Waals surface area contributed by atoms with Gasteiger partial charge < -0.3 is 10.3 Å². The normalized spacial score (nSPS) is 12.4. The Morgan fingerprint density at radius 3 is 2.58 bits per heavy atom. The number of halogens is 2. The summed E-state index contributed by atoms with van der Waals surface area (Å²) in [6.45, 7) is 0. The smallest absolute Gasteiger partial charge is 0.169 e. The average molecular weight is 479 g/mol. The van der Waals surface area contributed by atoms with Crippen LogP contribution in [0.4, 0.5) is 0 Å². The lowest BCUT2D eigenvalue weighted by molar-refractivity contribution is 0.0968. The fourth-order valence-corrected chi connectivity index (χ4v) is 3.80. The Labute approximate surface area is 200 Å². The predicted octanol–water partition coefficient (Wildman–Crippen LogP) is 4.80. The van der Waals surface area contributed by atoms with Crippen molar-refractivity contribution in [2.24, 2.45) is 10.8 Å². The number of rotatable bonds is 8. The number of carbonyl (C=O) groups is 1. The first-order valence-electron chi connectivity index (χ1n) is 10.1. The van der Waals surface area contributed by atoms with Crippen LogP contribution in [0.15, 0.2) is 90.7 Å². The topological polar surface area (TPSA) is 98.2 Å². The Kier molecular flexibility index (Phi) is 7.02. The fourth-order valence-electron chi connectivity index (χ4n) is 3.26. The molecule has 7 nitrogen and oxygen atoms in total. The van der Waals surface area contributed by atoms with E-state index in [1.54, 1.807) is 61.2 Å². The minimum absolute atomic E-state index is 0.0812. The molecule has 1 unspecified atom stereocenters. The van der Waals surface area contributed by atoms with Crippen molar-refractivity contribution in [1.29, 1.82) is 0 Å². The summed E-state index contributed by atoms with van der Waals surface area (Å²) >= 11 is 12.5. The van der Waals surface area contributed by atoms with Crippen molar-refractivity contribution in [3.8, 4) is 5.69 Å². The number of benzene rings is 2.